The molecule has 4 nitrogen and oxygen atoms in total. The zero-order chi connectivity index (χ0) is 16.4. The molecular formula is C18H21NO3. The van der Waals surface area contributed by atoms with Crippen LogP contribution in [0.4, 0.5) is 5.69 Å². The number of carboxylic acids is 1. The Labute approximate surface area is 130 Å². The number of hydrogen-bond donors (Lipinski definition) is 2. The second-order valence-electron chi connectivity index (χ2n) is 4.75. The van der Waals surface area contributed by atoms with Crippen molar-refractivity contribution in [1.29, 1.82) is 0 Å². The predicted molar refractivity (Wildman–Crippen MR) is 87.9 cm³/mol. The van der Waals surface area contributed by atoms with Crippen LogP contribution in [0, 0.1) is 0 Å². The zero-order valence-electron chi connectivity index (χ0n) is 12.8. The lowest BCUT2D eigenvalue weighted by molar-refractivity contribution is -0.134. The Hall–Kier alpha value is -2.62. The van der Waals surface area contributed by atoms with E-state index < -0.39 is 5.97 Å². The molecule has 0 radical (unpaired) electrons. The van der Waals surface area contributed by atoms with Crippen molar-refractivity contribution in [1.82, 2.24) is 0 Å². The average Bonchev–Trinajstić information content (AvgIpc) is 2.49. The van der Waals surface area contributed by atoms with Gasteiger partial charge >= 0.3 is 0 Å². The van der Waals surface area contributed by atoms with E-state index in [9.17, 15) is 4.79 Å². The second-order valence-corrected chi connectivity index (χ2v) is 4.75. The molecule has 1 unspecified atom stereocenters. The zero-order valence-corrected chi connectivity index (χ0v) is 12.8. The lowest BCUT2D eigenvalue weighted by atomic mass is 9.95. The van der Waals surface area contributed by atoms with Gasteiger partial charge in [-0.25, -0.2) is 0 Å². The van der Waals surface area contributed by atoms with Crippen LogP contribution < -0.4 is 5.32 Å². The molecule has 0 aromatic heterocycles. The second kappa shape index (κ2) is 9.34. The summed E-state index contributed by atoms with van der Waals surface area (Å²) in [6.07, 6.45) is 0.794. The Kier molecular flexibility index (Phi) is 7.40. The van der Waals surface area contributed by atoms with Crippen molar-refractivity contribution in [3.8, 4) is 0 Å². The molecule has 0 aliphatic carbocycles. The van der Waals surface area contributed by atoms with Crippen LogP contribution in [-0.2, 0) is 9.59 Å². The fourth-order valence-corrected chi connectivity index (χ4v) is 2.01. The number of rotatable bonds is 4. The summed E-state index contributed by atoms with van der Waals surface area (Å²) in [5.74, 6) is -0.874. The Bertz CT molecular complexity index is 578. The summed E-state index contributed by atoms with van der Waals surface area (Å²) < 4.78 is 0. The Morgan fingerprint density at radius 2 is 1.45 bits per heavy atom. The first-order valence-electron chi connectivity index (χ1n) is 7.15. The van der Waals surface area contributed by atoms with Gasteiger partial charge in [-0.1, -0.05) is 55.5 Å². The van der Waals surface area contributed by atoms with Crippen LogP contribution in [0.25, 0.3) is 0 Å². The highest BCUT2D eigenvalue weighted by Crippen LogP contribution is 2.21. The van der Waals surface area contributed by atoms with Gasteiger partial charge < -0.3 is 10.4 Å². The molecule has 2 N–H and O–H groups in total. The van der Waals surface area contributed by atoms with Crippen LogP contribution in [0.3, 0.4) is 0 Å². The number of carbonyl (C=O) groups excluding carboxylic acids is 1. The van der Waals surface area contributed by atoms with Crippen molar-refractivity contribution < 1.29 is 14.7 Å². The largest absolute Gasteiger partial charge is 0.481 e. The van der Waals surface area contributed by atoms with Crippen molar-refractivity contribution in [2.75, 3.05) is 5.32 Å². The summed E-state index contributed by atoms with van der Waals surface area (Å²) in [5.41, 5.74) is 1.91. The third-order valence-electron chi connectivity index (χ3n) is 2.97. The molecule has 1 amide bonds. The van der Waals surface area contributed by atoms with Crippen LogP contribution in [0.2, 0.25) is 0 Å². The van der Waals surface area contributed by atoms with Crippen molar-refractivity contribution >= 4 is 17.6 Å². The summed E-state index contributed by atoms with van der Waals surface area (Å²) in [7, 11) is 0. The van der Waals surface area contributed by atoms with E-state index in [1.165, 1.54) is 0 Å². The van der Waals surface area contributed by atoms with E-state index in [1.807, 2.05) is 67.6 Å². The molecular weight excluding hydrogens is 278 g/mol. The molecule has 0 fully saturated rings. The number of para-hydroxylation sites is 1. The highest BCUT2D eigenvalue weighted by atomic mass is 16.4. The molecule has 0 spiro atoms. The minimum absolute atomic E-state index is 0.0508. The molecule has 0 heterocycles. The predicted octanol–water partition coefficient (Wildman–Crippen LogP) is 3.91. The maximum absolute atomic E-state index is 12.2. The van der Waals surface area contributed by atoms with Gasteiger partial charge in [-0.3, -0.25) is 9.59 Å². The van der Waals surface area contributed by atoms with E-state index >= 15 is 0 Å². The molecule has 0 bridgehead atoms. The maximum Gasteiger partial charge on any atom is 0.300 e. The summed E-state index contributed by atoms with van der Waals surface area (Å²) in [4.78, 5) is 21.2. The lowest BCUT2D eigenvalue weighted by Gasteiger charge is -2.15. The van der Waals surface area contributed by atoms with Crippen LogP contribution in [0.5, 0.6) is 0 Å². The third-order valence-corrected chi connectivity index (χ3v) is 2.97. The molecule has 0 aliphatic heterocycles. The fourth-order valence-electron chi connectivity index (χ4n) is 2.01. The molecule has 0 aliphatic rings. The SMILES string of the molecule is CC(=O)O.CCC(C(=O)Nc1ccccc1)c1ccccc1. The molecule has 4 heteroatoms. The molecule has 0 saturated heterocycles. The first kappa shape index (κ1) is 17.4. The van der Waals surface area contributed by atoms with Gasteiger partial charge in [0.25, 0.3) is 5.97 Å². The van der Waals surface area contributed by atoms with Crippen LogP contribution in [-0.4, -0.2) is 17.0 Å². The van der Waals surface area contributed by atoms with E-state index in [2.05, 4.69) is 5.32 Å². The van der Waals surface area contributed by atoms with Gasteiger partial charge in [-0.05, 0) is 24.1 Å². The topological polar surface area (TPSA) is 66.4 Å². The smallest absolute Gasteiger partial charge is 0.300 e. The van der Waals surface area contributed by atoms with Gasteiger partial charge in [0.15, 0.2) is 0 Å². The Morgan fingerprint density at radius 3 is 1.91 bits per heavy atom. The van der Waals surface area contributed by atoms with E-state index in [4.69, 9.17) is 9.90 Å². The highest BCUT2D eigenvalue weighted by Gasteiger charge is 2.18. The number of carbonyl (C=O) groups is 2. The van der Waals surface area contributed by atoms with Gasteiger partial charge in [0.1, 0.15) is 0 Å². The monoisotopic (exact) mass is 299 g/mol. The molecule has 1 atom stereocenters. The van der Waals surface area contributed by atoms with Crippen molar-refractivity contribution in [2.45, 2.75) is 26.2 Å². The van der Waals surface area contributed by atoms with E-state index in [1.54, 1.807) is 0 Å². The van der Waals surface area contributed by atoms with Gasteiger partial charge in [0, 0.05) is 12.6 Å². The van der Waals surface area contributed by atoms with Crippen molar-refractivity contribution in [3.63, 3.8) is 0 Å². The van der Waals surface area contributed by atoms with Crippen molar-refractivity contribution in [2.24, 2.45) is 0 Å². The molecule has 0 saturated carbocycles. The lowest BCUT2D eigenvalue weighted by Crippen LogP contribution is -2.20. The molecule has 22 heavy (non-hydrogen) atoms. The summed E-state index contributed by atoms with van der Waals surface area (Å²) in [6, 6.07) is 19.5. The molecule has 116 valence electrons. The van der Waals surface area contributed by atoms with Crippen molar-refractivity contribution in [3.05, 3.63) is 66.2 Å². The molecule has 2 aromatic rings. The van der Waals surface area contributed by atoms with E-state index in [-0.39, 0.29) is 11.8 Å². The highest BCUT2D eigenvalue weighted by molar-refractivity contribution is 5.95. The molecule has 2 aromatic carbocycles. The Morgan fingerprint density at radius 1 is 1.00 bits per heavy atom. The van der Waals surface area contributed by atoms with Gasteiger partial charge in [-0.15, -0.1) is 0 Å². The number of nitrogens with one attached hydrogen (secondary N) is 1. The average molecular weight is 299 g/mol. The summed E-state index contributed by atoms with van der Waals surface area (Å²) >= 11 is 0. The van der Waals surface area contributed by atoms with Gasteiger partial charge in [-0.2, -0.15) is 0 Å². The number of aliphatic carboxylic acids is 1. The standard InChI is InChI=1S/C16H17NO.C2H4O2/c1-2-15(13-9-5-3-6-10-13)16(18)17-14-11-7-4-8-12-14;1-2(3)4/h3-12,15H,2H2,1H3,(H,17,18);1H3,(H,3,4). The third kappa shape index (κ3) is 6.22. The number of hydrogen-bond acceptors (Lipinski definition) is 2. The van der Waals surface area contributed by atoms with Crippen LogP contribution in [0.15, 0.2) is 60.7 Å². The van der Waals surface area contributed by atoms with E-state index in [0.717, 1.165) is 24.6 Å². The van der Waals surface area contributed by atoms with Gasteiger partial charge in [0.2, 0.25) is 5.91 Å². The quantitative estimate of drug-likeness (QED) is 0.899. The van der Waals surface area contributed by atoms with E-state index in [0.29, 0.717) is 0 Å². The Balaban J connectivity index is 0.000000541. The summed E-state index contributed by atoms with van der Waals surface area (Å²) in [5, 5.41) is 10.4. The first-order chi connectivity index (χ1) is 10.5. The number of anilines is 1. The van der Waals surface area contributed by atoms with Gasteiger partial charge in [0.05, 0.1) is 5.92 Å². The van der Waals surface area contributed by atoms with Crippen LogP contribution >= 0.6 is 0 Å². The normalized spacial score (nSPS) is 10.8. The minimum atomic E-state index is -0.833. The number of benzene rings is 2. The summed E-state index contributed by atoms with van der Waals surface area (Å²) in [6.45, 7) is 3.11. The molecule has 2 rings (SSSR count). The maximum atomic E-state index is 12.2. The minimum Gasteiger partial charge on any atom is -0.481 e. The fraction of sp³-hybridized carbons (Fsp3) is 0.222. The number of amides is 1. The number of carboxylic acid groups (broad SMARTS) is 1. The first-order valence-corrected chi connectivity index (χ1v) is 7.15. The van der Waals surface area contributed by atoms with Crippen LogP contribution in [0.1, 0.15) is 31.7 Å².